The molecule has 0 amide bonds. The third-order valence-electron chi connectivity index (χ3n) is 4.51. The van der Waals surface area contributed by atoms with Crippen LogP contribution in [0.5, 0.6) is 0 Å². The van der Waals surface area contributed by atoms with Crippen LogP contribution in [0.1, 0.15) is 85.0 Å². The highest BCUT2D eigenvalue weighted by Crippen LogP contribution is 2.36. The Kier molecular flexibility index (Phi) is 8.46. The molecule has 3 atom stereocenters. The quantitative estimate of drug-likeness (QED) is 0.347. The van der Waals surface area contributed by atoms with Crippen LogP contribution in [-0.2, 0) is 0 Å². The Bertz CT molecular complexity index is 216. The van der Waals surface area contributed by atoms with Crippen LogP contribution in [0.4, 0.5) is 0 Å². The van der Waals surface area contributed by atoms with Gasteiger partial charge in [-0.25, -0.2) is 0 Å². The van der Waals surface area contributed by atoms with Crippen molar-refractivity contribution in [2.45, 2.75) is 85.0 Å². The first kappa shape index (κ1) is 15.8. The first-order valence-electron chi connectivity index (χ1n) is 8.39. The van der Waals surface area contributed by atoms with E-state index in [1.54, 1.807) is 0 Å². The summed E-state index contributed by atoms with van der Waals surface area (Å²) in [6.45, 7) is 6.91. The Morgan fingerprint density at radius 1 is 0.944 bits per heavy atom. The van der Waals surface area contributed by atoms with E-state index in [2.05, 4.69) is 32.9 Å². The first-order chi connectivity index (χ1) is 8.76. The molecule has 1 rings (SSSR count). The molecule has 0 aromatic rings. The Morgan fingerprint density at radius 3 is 2.39 bits per heavy atom. The fraction of sp³-hybridized carbons (Fsp3) is 0.889. The lowest BCUT2D eigenvalue weighted by atomic mass is 9.74. The van der Waals surface area contributed by atoms with E-state index < -0.39 is 0 Å². The van der Waals surface area contributed by atoms with Crippen molar-refractivity contribution in [3.8, 4) is 0 Å². The highest BCUT2D eigenvalue weighted by molar-refractivity contribution is 4.90. The van der Waals surface area contributed by atoms with Gasteiger partial charge in [-0.1, -0.05) is 70.9 Å². The summed E-state index contributed by atoms with van der Waals surface area (Å²) in [7, 11) is 0. The van der Waals surface area contributed by atoms with Crippen LogP contribution in [0.15, 0.2) is 12.2 Å². The predicted molar refractivity (Wildman–Crippen MR) is 82.8 cm³/mol. The molecule has 1 aliphatic carbocycles. The average Bonchev–Trinajstić information content (AvgIpc) is 2.33. The van der Waals surface area contributed by atoms with Gasteiger partial charge in [-0.2, -0.15) is 0 Å². The summed E-state index contributed by atoms with van der Waals surface area (Å²) in [5.74, 6) is 2.84. The molecule has 0 aromatic heterocycles. The lowest BCUT2D eigenvalue weighted by Crippen LogP contribution is -2.20. The summed E-state index contributed by atoms with van der Waals surface area (Å²) in [5.41, 5.74) is 0. The molecular formula is C18H34. The lowest BCUT2D eigenvalue weighted by molar-refractivity contribution is 0.222. The average molecular weight is 250 g/mol. The zero-order valence-corrected chi connectivity index (χ0v) is 13.0. The summed E-state index contributed by atoms with van der Waals surface area (Å²) in [6, 6.07) is 0. The smallest absolute Gasteiger partial charge is 0.0228 e. The summed E-state index contributed by atoms with van der Waals surface area (Å²) in [6.07, 6.45) is 19.2. The Balaban J connectivity index is 2.13. The van der Waals surface area contributed by atoms with Gasteiger partial charge in [0.05, 0.1) is 0 Å². The van der Waals surface area contributed by atoms with Crippen molar-refractivity contribution in [2.24, 2.45) is 17.8 Å². The van der Waals surface area contributed by atoms with Crippen LogP contribution in [0.3, 0.4) is 0 Å². The molecule has 18 heavy (non-hydrogen) atoms. The minimum absolute atomic E-state index is 0.879. The van der Waals surface area contributed by atoms with Crippen molar-refractivity contribution in [1.82, 2.24) is 0 Å². The standard InChI is InChI=1S/C18H34/c1-4-6-7-8-9-10-12-18-14-16(3)13-17(15-18)11-5-2/h5,11,16-18H,4,6-10,12-15H2,1-3H3. The van der Waals surface area contributed by atoms with Crippen LogP contribution >= 0.6 is 0 Å². The fourth-order valence-electron chi connectivity index (χ4n) is 3.68. The summed E-state index contributed by atoms with van der Waals surface area (Å²) < 4.78 is 0. The van der Waals surface area contributed by atoms with Crippen LogP contribution in [0.2, 0.25) is 0 Å². The van der Waals surface area contributed by atoms with E-state index in [-0.39, 0.29) is 0 Å². The molecule has 3 unspecified atom stereocenters. The van der Waals surface area contributed by atoms with Crippen LogP contribution < -0.4 is 0 Å². The van der Waals surface area contributed by atoms with E-state index in [0.29, 0.717) is 0 Å². The predicted octanol–water partition coefficient (Wildman–Crippen LogP) is 6.37. The van der Waals surface area contributed by atoms with E-state index in [4.69, 9.17) is 0 Å². The first-order valence-corrected chi connectivity index (χ1v) is 8.39. The molecule has 0 radical (unpaired) electrons. The van der Waals surface area contributed by atoms with E-state index in [0.717, 1.165) is 17.8 Å². The van der Waals surface area contributed by atoms with Crippen molar-refractivity contribution in [1.29, 1.82) is 0 Å². The summed E-state index contributed by atoms with van der Waals surface area (Å²) in [4.78, 5) is 0. The zero-order chi connectivity index (χ0) is 13.2. The SMILES string of the molecule is CC=CC1CC(C)CC(CCCCCCCC)C1. The number of hydrogen-bond donors (Lipinski definition) is 0. The zero-order valence-electron chi connectivity index (χ0n) is 13.0. The highest BCUT2D eigenvalue weighted by atomic mass is 14.3. The number of hydrogen-bond acceptors (Lipinski definition) is 0. The molecule has 106 valence electrons. The van der Waals surface area contributed by atoms with E-state index in [1.807, 2.05) is 0 Å². The molecule has 1 fully saturated rings. The van der Waals surface area contributed by atoms with Gasteiger partial charge in [0.2, 0.25) is 0 Å². The van der Waals surface area contributed by atoms with Crippen molar-refractivity contribution < 1.29 is 0 Å². The number of rotatable bonds is 8. The summed E-state index contributed by atoms with van der Waals surface area (Å²) >= 11 is 0. The Labute approximate surface area is 115 Å². The second-order valence-corrected chi connectivity index (χ2v) is 6.52. The van der Waals surface area contributed by atoms with Crippen molar-refractivity contribution in [3.05, 3.63) is 12.2 Å². The Morgan fingerprint density at radius 2 is 1.67 bits per heavy atom. The molecule has 1 saturated carbocycles. The second kappa shape index (κ2) is 9.64. The van der Waals surface area contributed by atoms with Crippen molar-refractivity contribution >= 4 is 0 Å². The molecule has 0 spiro atoms. The van der Waals surface area contributed by atoms with Gasteiger partial charge in [0.1, 0.15) is 0 Å². The molecule has 0 N–H and O–H groups in total. The topological polar surface area (TPSA) is 0 Å². The molecule has 0 heterocycles. The minimum atomic E-state index is 0.879. The van der Waals surface area contributed by atoms with Gasteiger partial charge in [-0.3, -0.25) is 0 Å². The maximum atomic E-state index is 2.45. The molecule has 0 saturated heterocycles. The third-order valence-corrected chi connectivity index (χ3v) is 4.51. The van der Waals surface area contributed by atoms with Gasteiger partial charge in [0.25, 0.3) is 0 Å². The molecule has 0 heteroatoms. The molecule has 1 aliphatic rings. The van der Waals surface area contributed by atoms with E-state index >= 15 is 0 Å². The summed E-state index contributed by atoms with van der Waals surface area (Å²) in [5, 5.41) is 0. The van der Waals surface area contributed by atoms with Gasteiger partial charge < -0.3 is 0 Å². The largest absolute Gasteiger partial charge is 0.0914 e. The maximum Gasteiger partial charge on any atom is -0.0228 e. The van der Waals surface area contributed by atoms with Gasteiger partial charge in [-0.05, 0) is 43.9 Å². The second-order valence-electron chi connectivity index (χ2n) is 6.52. The van der Waals surface area contributed by atoms with Crippen LogP contribution in [0.25, 0.3) is 0 Å². The highest BCUT2D eigenvalue weighted by Gasteiger charge is 2.24. The van der Waals surface area contributed by atoms with Gasteiger partial charge >= 0.3 is 0 Å². The Hall–Kier alpha value is -0.260. The van der Waals surface area contributed by atoms with Gasteiger partial charge in [0.15, 0.2) is 0 Å². The van der Waals surface area contributed by atoms with Gasteiger partial charge in [-0.15, -0.1) is 0 Å². The third kappa shape index (κ3) is 6.61. The monoisotopic (exact) mass is 250 g/mol. The number of unbranched alkanes of at least 4 members (excludes halogenated alkanes) is 5. The molecule has 0 aromatic carbocycles. The number of allylic oxidation sites excluding steroid dienone is 2. The normalized spacial score (nSPS) is 28.9. The molecule has 0 nitrogen and oxygen atoms in total. The minimum Gasteiger partial charge on any atom is -0.0914 e. The van der Waals surface area contributed by atoms with Crippen LogP contribution in [-0.4, -0.2) is 0 Å². The van der Waals surface area contributed by atoms with Crippen molar-refractivity contribution in [3.63, 3.8) is 0 Å². The van der Waals surface area contributed by atoms with E-state index in [9.17, 15) is 0 Å². The van der Waals surface area contributed by atoms with Gasteiger partial charge in [0, 0.05) is 0 Å². The lowest BCUT2D eigenvalue weighted by Gasteiger charge is -2.32. The molecule has 0 bridgehead atoms. The fourth-order valence-corrected chi connectivity index (χ4v) is 3.68. The molecule has 0 aliphatic heterocycles. The molecular weight excluding hydrogens is 216 g/mol. The van der Waals surface area contributed by atoms with E-state index in [1.165, 1.54) is 64.2 Å². The van der Waals surface area contributed by atoms with Crippen molar-refractivity contribution in [2.75, 3.05) is 0 Å². The van der Waals surface area contributed by atoms with Crippen LogP contribution in [0, 0.1) is 17.8 Å². The maximum absolute atomic E-state index is 2.45.